The smallest absolute Gasteiger partial charge is 0.324 e. The van der Waals surface area contributed by atoms with Gasteiger partial charge in [-0.05, 0) is 24.3 Å². The minimum Gasteiger partial charge on any atom is -0.491 e. The second-order valence-corrected chi connectivity index (χ2v) is 9.66. The number of carbonyl (C=O) groups excluding carboxylic acids is 1. The molecule has 2 N–H and O–H groups in total. The fourth-order valence-corrected chi connectivity index (χ4v) is 4.06. The summed E-state index contributed by atoms with van der Waals surface area (Å²) in [6.07, 6.45) is 3.51. The molecule has 9 nitrogen and oxygen atoms in total. The Hall–Kier alpha value is -4.40. The summed E-state index contributed by atoms with van der Waals surface area (Å²) in [5.41, 5.74) is 3.19. The van der Waals surface area contributed by atoms with Gasteiger partial charge in [0.25, 0.3) is 0 Å². The maximum atomic E-state index is 12.8. The standard InChI is InChI=1S/C27H29N7O2/c1-27(2,3)23-16-24(33(4)32-23)31-26(35)30-20-11-12-22(19-9-6-5-8-18(19)20)36-15-14-34-17-29-25-21(34)10-7-13-28-25/h5-13,16-17H,14-15H2,1-4H3,(H2,30,31,35). The van der Waals surface area contributed by atoms with Gasteiger partial charge in [0.1, 0.15) is 18.2 Å². The molecule has 0 saturated heterocycles. The Morgan fingerprint density at radius 1 is 1.00 bits per heavy atom. The summed E-state index contributed by atoms with van der Waals surface area (Å²) in [6.45, 7) is 7.37. The van der Waals surface area contributed by atoms with Gasteiger partial charge in [-0.15, -0.1) is 0 Å². The van der Waals surface area contributed by atoms with E-state index in [1.807, 2.05) is 66.2 Å². The summed E-state index contributed by atoms with van der Waals surface area (Å²) in [5, 5.41) is 12.2. The number of aromatic nitrogens is 5. The van der Waals surface area contributed by atoms with Crippen LogP contribution in [0.4, 0.5) is 16.3 Å². The Labute approximate surface area is 209 Å². The van der Waals surface area contributed by atoms with E-state index in [0.717, 1.165) is 33.4 Å². The molecule has 3 heterocycles. The summed E-state index contributed by atoms with van der Waals surface area (Å²) in [6, 6.07) is 17.0. The van der Waals surface area contributed by atoms with Crippen LogP contribution in [0.5, 0.6) is 5.75 Å². The molecule has 0 saturated carbocycles. The maximum Gasteiger partial charge on any atom is 0.324 e. The van der Waals surface area contributed by atoms with Crippen LogP contribution < -0.4 is 15.4 Å². The molecule has 2 aromatic carbocycles. The number of rotatable bonds is 6. The second-order valence-electron chi connectivity index (χ2n) is 9.66. The van der Waals surface area contributed by atoms with Gasteiger partial charge in [0.05, 0.1) is 29.8 Å². The van der Waals surface area contributed by atoms with Gasteiger partial charge in [0, 0.05) is 35.5 Å². The number of nitrogens with zero attached hydrogens (tertiary/aromatic N) is 5. The molecule has 184 valence electrons. The second kappa shape index (κ2) is 9.33. The number of amides is 2. The first kappa shape index (κ1) is 23.3. The van der Waals surface area contributed by atoms with Gasteiger partial charge in [-0.1, -0.05) is 45.0 Å². The molecule has 0 spiro atoms. The maximum absolute atomic E-state index is 12.8. The first-order valence-electron chi connectivity index (χ1n) is 11.8. The first-order valence-corrected chi connectivity index (χ1v) is 11.8. The highest BCUT2D eigenvalue weighted by Crippen LogP contribution is 2.32. The average Bonchev–Trinajstić information content (AvgIpc) is 3.44. The number of nitrogens with one attached hydrogen (secondary N) is 2. The molecule has 5 aromatic rings. The van der Waals surface area contributed by atoms with E-state index in [-0.39, 0.29) is 11.4 Å². The third-order valence-corrected chi connectivity index (χ3v) is 6.01. The fourth-order valence-electron chi connectivity index (χ4n) is 4.06. The van der Waals surface area contributed by atoms with Crippen molar-refractivity contribution in [2.45, 2.75) is 32.7 Å². The number of aryl methyl sites for hydroxylation is 1. The number of pyridine rings is 1. The number of anilines is 2. The number of urea groups is 1. The van der Waals surface area contributed by atoms with Crippen LogP contribution in [0.25, 0.3) is 21.9 Å². The van der Waals surface area contributed by atoms with Crippen LogP contribution in [0, 0.1) is 0 Å². The fraction of sp³-hybridized carbons (Fsp3) is 0.259. The van der Waals surface area contributed by atoms with Crippen LogP contribution in [-0.2, 0) is 19.0 Å². The molecule has 3 aromatic heterocycles. The zero-order valence-corrected chi connectivity index (χ0v) is 20.8. The molecular formula is C27H29N7O2. The summed E-state index contributed by atoms with van der Waals surface area (Å²) >= 11 is 0. The van der Waals surface area contributed by atoms with Crippen LogP contribution in [-0.4, -0.2) is 37.0 Å². The molecule has 36 heavy (non-hydrogen) atoms. The third kappa shape index (κ3) is 4.72. The van der Waals surface area contributed by atoms with E-state index in [1.165, 1.54) is 0 Å². The van der Waals surface area contributed by atoms with Crippen molar-refractivity contribution >= 4 is 39.5 Å². The minimum absolute atomic E-state index is 0.109. The molecular weight excluding hydrogens is 454 g/mol. The predicted octanol–water partition coefficient (Wildman–Crippen LogP) is 5.34. The third-order valence-electron chi connectivity index (χ3n) is 6.01. The van der Waals surface area contributed by atoms with Crippen LogP contribution >= 0.6 is 0 Å². The van der Waals surface area contributed by atoms with Crippen molar-refractivity contribution in [3.05, 3.63) is 72.8 Å². The summed E-state index contributed by atoms with van der Waals surface area (Å²) in [7, 11) is 1.81. The van der Waals surface area contributed by atoms with Gasteiger partial charge in [-0.25, -0.2) is 14.8 Å². The normalized spacial score (nSPS) is 11.7. The Morgan fingerprint density at radius 2 is 1.81 bits per heavy atom. The molecule has 5 rings (SSSR count). The highest BCUT2D eigenvalue weighted by atomic mass is 16.5. The van der Waals surface area contributed by atoms with Crippen LogP contribution in [0.3, 0.4) is 0 Å². The van der Waals surface area contributed by atoms with Crippen molar-refractivity contribution in [1.29, 1.82) is 0 Å². The van der Waals surface area contributed by atoms with Crippen LogP contribution in [0.15, 0.2) is 67.1 Å². The number of carbonyl (C=O) groups is 1. The Kier molecular flexibility index (Phi) is 6.05. The van der Waals surface area contributed by atoms with Crippen molar-refractivity contribution in [2.24, 2.45) is 7.05 Å². The van der Waals surface area contributed by atoms with Crippen LogP contribution in [0.2, 0.25) is 0 Å². The van der Waals surface area contributed by atoms with Gasteiger partial charge < -0.3 is 14.6 Å². The topological polar surface area (TPSA) is 98.9 Å². The average molecular weight is 484 g/mol. The lowest BCUT2D eigenvalue weighted by Gasteiger charge is -2.14. The van der Waals surface area contributed by atoms with E-state index in [1.54, 1.807) is 17.2 Å². The number of fused-ring (bicyclic) bond motifs is 2. The molecule has 0 aliphatic carbocycles. The molecule has 0 atom stereocenters. The van der Waals surface area contributed by atoms with Crippen LogP contribution in [0.1, 0.15) is 26.5 Å². The summed E-state index contributed by atoms with van der Waals surface area (Å²) < 4.78 is 9.84. The number of benzene rings is 2. The predicted molar refractivity (Wildman–Crippen MR) is 142 cm³/mol. The molecule has 0 unspecified atom stereocenters. The molecule has 0 fully saturated rings. The van der Waals surface area contributed by atoms with Gasteiger partial charge in [-0.3, -0.25) is 10.00 Å². The minimum atomic E-state index is -0.335. The molecule has 0 aliphatic rings. The Bertz CT molecular complexity index is 1550. The van der Waals surface area contributed by atoms with Crippen molar-refractivity contribution in [3.8, 4) is 5.75 Å². The lowest BCUT2D eigenvalue weighted by Crippen LogP contribution is -2.21. The molecule has 0 aliphatic heterocycles. The number of ether oxygens (including phenoxy) is 1. The molecule has 0 bridgehead atoms. The van der Waals surface area contributed by atoms with Gasteiger partial charge in [-0.2, -0.15) is 5.10 Å². The van der Waals surface area contributed by atoms with E-state index in [4.69, 9.17) is 4.74 Å². The lowest BCUT2D eigenvalue weighted by molar-refractivity contribution is 0.262. The Morgan fingerprint density at radius 3 is 2.58 bits per heavy atom. The van der Waals surface area contributed by atoms with E-state index in [2.05, 4.69) is 46.5 Å². The lowest BCUT2D eigenvalue weighted by atomic mass is 9.92. The largest absolute Gasteiger partial charge is 0.491 e. The van der Waals surface area contributed by atoms with Gasteiger partial charge >= 0.3 is 6.03 Å². The molecule has 0 radical (unpaired) electrons. The highest BCUT2D eigenvalue weighted by molar-refractivity contribution is 6.07. The highest BCUT2D eigenvalue weighted by Gasteiger charge is 2.20. The van der Waals surface area contributed by atoms with Gasteiger partial charge in [0.15, 0.2) is 5.65 Å². The van der Waals surface area contributed by atoms with Gasteiger partial charge in [0.2, 0.25) is 0 Å². The zero-order valence-electron chi connectivity index (χ0n) is 20.8. The number of hydrogen-bond donors (Lipinski definition) is 2. The van der Waals surface area contributed by atoms with E-state index in [9.17, 15) is 4.79 Å². The number of hydrogen-bond acceptors (Lipinski definition) is 5. The summed E-state index contributed by atoms with van der Waals surface area (Å²) in [4.78, 5) is 21.4. The van der Waals surface area contributed by atoms with Crippen molar-refractivity contribution in [3.63, 3.8) is 0 Å². The van der Waals surface area contributed by atoms with Crippen molar-refractivity contribution in [1.82, 2.24) is 24.3 Å². The monoisotopic (exact) mass is 483 g/mol. The van der Waals surface area contributed by atoms with Crippen molar-refractivity contribution in [2.75, 3.05) is 17.2 Å². The van der Waals surface area contributed by atoms with E-state index >= 15 is 0 Å². The number of imidazole rings is 1. The molecule has 2 amide bonds. The quantitative estimate of drug-likeness (QED) is 0.340. The first-order chi connectivity index (χ1) is 17.3. The Balaban J connectivity index is 1.30. The van der Waals surface area contributed by atoms with E-state index < -0.39 is 0 Å². The van der Waals surface area contributed by atoms with Crippen molar-refractivity contribution < 1.29 is 9.53 Å². The molecule has 9 heteroatoms. The van der Waals surface area contributed by atoms with E-state index in [0.29, 0.717) is 24.7 Å². The SMILES string of the molecule is Cn1nc(C(C)(C)C)cc1NC(=O)Nc1ccc(OCCn2cnc3ncccc32)c2ccccc12. The summed E-state index contributed by atoms with van der Waals surface area (Å²) in [5.74, 6) is 1.38. The zero-order chi connectivity index (χ0) is 25.3.